The lowest BCUT2D eigenvalue weighted by atomic mass is 9.69. The number of nitrogens with zero attached hydrogens (tertiary/aromatic N) is 1. The van der Waals surface area contributed by atoms with Gasteiger partial charge in [-0.1, -0.05) is 26.0 Å². The van der Waals surface area contributed by atoms with Crippen molar-refractivity contribution in [2.75, 3.05) is 6.61 Å². The molecule has 0 radical (unpaired) electrons. The van der Waals surface area contributed by atoms with Crippen molar-refractivity contribution in [3.05, 3.63) is 29.8 Å². The Morgan fingerprint density at radius 1 is 1.32 bits per heavy atom. The van der Waals surface area contributed by atoms with E-state index in [1.165, 1.54) is 0 Å². The van der Waals surface area contributed by atoms with Gasteiger partial charge in [-0.15, -0.1) is 0 Å². The van der Waals surface area contributed by atoms with E-state index in [0.29, 0.717) is 25.4 Å². The number of hydrogen-bond acceptors (Lipinski definition) is 3. The second-order valence-electron chi connectivity index (χ2n) is 6.52. The minimum Gasteiger partial charge on any atom is -0.493 e. The molecule has 0 unspecified atom stereocenters. The predicted octanol–water partition coefficient (Wildman–Crippen LogP) is 3.59. The Bertz CT molecular complexity index is 553. The van der Waals surface area contributed by atoms with Crippen molar-refractivity contribution in [2.24, 2.45) is 11.3 Å². The van der Waals surface area contributed by atoms with E-state index in [1.807, 2.05) is 31.2 Å². The summed E-state index contributed by atoms with van der Waals surface area (Å²) in [5, 5.41) is 12.2. The minimum atomic E-state index is -0.797. The molecule has 1 saturated carbocycles. The lowest BCUT2D eigenvalue weighted by molar-refractivity contribution is -0.132. The molecule has 118 valence electrons. The highest BCUT2D eigenvalue weighted by atomic mass is 16.5. The number of amides is 1. The standard InChI is InChI=1S/C18H24N2O2/c1-13(2)11-22-16-7-5-15(6-8-16)14(3)20-17(21)18(12-19)9-4-10-18/h5-8,13-14H,4,9-11H2,1-3H3,(H,20,21)/t14-/m1/s1. The fourth-order valence-electron chi connectivity index (χ4n) is 2.45. The van der Waals surface area contributed by atoms with Gasteiger partial charge in [-0.3, -0.25) is 4.79 Å². The fourth-order valence-corrected chi connectivity index (χ4v) is 2.45. The topological polar surface area (TPSA) is 62.1 Å². The van der Waals surface area contributed by atoms with Crippen molar-refractivity contribution < 1.29 is 9.53 Å². The minimum absolute atomic E-state index is 0.113. The summed E-state index contributed by atoms with van der Waals surface area (Å²) < 4.78 is 5.65. The Morgan fingerprint density at radius 3 is 2.41 bits per heavy atom. The number of rotatable bonds is 6. The van der Waals surface area contributed by atoms with Crippen LogP contribution < -0.4 is 10.1 Å². The zero-order valence-electron chi connectivity index (χ0n) is 13.6. The molecule has 1 aliphatic carbocycles. The average Bonchev–Trinajstić information content (AvgIpc) is 2.45. The first-order valence-corrected chi connectivity index (χ1v) is 7.92. The first-order chi connectivity index (χ1) is 10.5. The van der Waals surface area contributed by atoms with Gasteiger partial charge in [0.1, 0.15) is 11.2 Å². The number of nitrogens with one attached hydrogen (secondary N) is 1. The highest BCUT2D eigenvalue weighted by Gasteiger charge is 2.44. The molecule has 0 aromatic heterocycles. The molecule has 22 heavy (non-hydrogen) atoms. The molecule has 1 aliphatic rings. The molecule has 1 N–H and O–H groups in total. The Kier molecular flexibility index (Phi) is 5.07. The smallest absolute Gasteiger partial charge is 0.240 e. The SMILES string of the molecule is CC(C)COc1ccc([C@@H](C)NC(=O)C2(C#N)CCC2)cc1. The molecule has 4 nitrogen and oxygen atoms in total. The first kappa shape index (κ1) is 16.4. The molecule has 2 rings (SSSR count). The molecule has 1 amide bonds. The van der Waals surface area contributed by atoms with E-state index < -0.39 is 5.41 Å². The Balaban J connectivity index is 1.94. The number of benzene rings is 1. The normalized spacial score (nSPS) is 17.2. The average molecular weight is 300 g/mol. The van der Waals surface area contributed by atoms with Crippen LogP contribution in [0.3, 0.4) is 0 Å². The van der Waals surface area contributed by atoms with E-state index in [0.717, 1.165) is 17.7 Å². The van der Waals surface area contributed by atoms with Crippen molar-refractivity contribution in [3.63, 3.8) is 0 Å². The van der Waals surface area contributed by atoms with Crippen LogP contribution in [0.2, 0.25) is 0 Å². The molecular weight excluding hydrogens is 276 g/mol. The summed E-state index contributed by atoms with van der Waals surface area (Å²) >= 11 is 0. The molecular formula is C18H24N2O2. The van der Waals surface area contributed by atoms with Crippen LogP contribution in [-0.4, -0.2) is 12.5 Å². The van der Waals surface area contributed by atoms with Crippen LogP contribution in [0.15, 0.2) is 24.3 Å². The quantitative estimate of drug-likeness (QED) is 0.873. The van der Waals surface area contributed by atoms with Crippen LogP contribution in [0, 0.1) is 22.7 Å². The third-order valence-electron chi connectivity index (χ3n) is 4.17. The largest absolute Gasteiger partial charge is 0.493 e. The van der Waals surface area contributed by atoms with Gasteiger partial charge >= 0.3 is 0 Å². The Hall–Kier alpha value is -2.02. The van der Waals surface area contributed by atoms with Gasteiger partial charge in [-0.05, 0) is 49.8 Å². The van der Waals surface area contributed by atoms with Gasteiger partial charge in [0.2, 0.25) is 5.91 Å². The maximum absolute atomic E-state index is 12.2. The number of nitriles is 1. The van der Waals surface area contributed by atoms with Gasteiger partial charge < -0.3 is 10.1 Å². The second-order valence-corrected chi connectivity index (χ2v) is 6.52. The lowest BCUT2D eigenvalue weighted by Gasteiger charge is -2.34. The molecule has 0 saturated heterocycles. The van der Waals surface area contributed by atoms with Crippen LogP contribution in [0.5, 0.6) is 5.75 Å². The van der Waals surface area contributed by atoms with Crippen molar-refractivity contribution in [2.45, 2.75) is 46.1 Å². The monoisotopic (exact) mass is 300 g/mol. The molecule has 0 spiro atoms. The highest BCUT2D eigenvalue weighted by Crippen LogP contribution is 2.40. The molecule has 0 bridgehead atoms. The van der Waals surface area contributed by atoms with Crippen molar-refractivity contribution in [1.29, 1.82) is 5.26 Å². The number of ether oxygens (including phenoxy) is 1. The molecule has 1 aromatic rings. The zero-order chi connectivity index (χ0) is 16.2. The van der Waals surface area contributed by atoms with Crippen molar-refractivity contribution in [1.82, 2.24) is 5.32 Å². The summed E-state index contributed by atoms with van der Waals surface area (Å²) in [6, 6.07) is 9.82. The summed E-state index contributed by atoms with van der Waals surface area (Å²) in [5.41, 5.74) is 0.215. The molecule has 1 aromatic carbocycles. The maximum atomic E-state index is 12.2. The molecule has 0 heterocycles. The molecule has 0 aliphatic heterocycles. The van der Waals surface area contributed by atoms with Gasteiger partial charge in [-0.2, -0.15) is 5.26 Å². The van der Waals surface area contributed by atoms with E-state index in [9.17, 15) is 10.1 Å². The van der Waals surface area contributed by atoms with E-state index in [2.05, 4.69) is 25.2 Å². The summed E-state index contributed by atoms with van der Waals surface area (Å²) in [7, 11) is 0. The van der Waals surface area contributed by atoms with E-state index in [4.69, 9.17) is 4.74 Å². The van der Waals surface area contributed by atoms with E-state index in [1.54, 1.807) is 0 Å². The molecule has 1 fully saturated rings. The Morgan fingerprint density at radius 2 is 1.95 bits per heavy atom. The van der Waals surface area contributed by atoms with Gasteiger partial charge in [0.25, 0.3) is 0 Å². The van der Waals surface area contributed by atoms with E-state index >= 15 is 0 Å². The molecule has 1 atom stereocenters. The summed E-state index contributed by atoms with van der Waals surface area (Å²) in [4.78, 5) is 12.2. The first-order valence-electron chi connectivity index (χ1n) is 7.92. The zero-order valence-corrected chi connectivity index (χ0v) is 13.6. The predicted molar refractivity (Wildman–Crippen MR) is 85.2 cm³/mol. The van der Waals surface area contributed by atoms with Gasteiger partial charge in [0.15, 0.2) is 0 Å². The van der Waals surface area contributed by atoms with Crippen LogP contribution >= 0.6 is 0 Å². The van der Waals surface area contributed by atoms with Gasteiger partial charge in [0, 0.05) is 0 Å². The van der Waals surface area contributed by atoms with E-state index in [-0.39, 0.29) is 11.9 Å². The highest BCUT2D eigenvalue weighted by molar-refractivity contribution is 5.86. The Labute approximate surface area is 132 Å². The molecule has 4 heteroatoms. The third kappa shape index (κ3) is 3.59. The van der Waals surface area contributed by atoms with Crippen LogP contribution in [0.25, 0.3) is 0 Å². The maximum Gasteiger partial charge on any atom is 0.240 e. The van der Waals surface area contributed by atoms with Crippen molar-refractivity contribution >= 4 is 5.91 Å². The van der Waals surface area contributed by atoms with Gasteiger partial charge in [0.05, 0.1) is 18.7 Å². The second kappa shape index (κ2) is 6.83. The number of carbonyl (C=O) groups excluding carboxylic acids is 1. The summed E-state index contributed by atoms with van der Waals surface area (Å²) in [6.07, 6.45) is 2.30. The number of carbonyl (C=O) groups is 1. The fraction of sp³-hybridized carbons (Fsp3) is 0.556. The van der Waals surface area contributed by atoms with Gasteiger partial charge in [-0.25, -0.2) is 0 Å². The lowest BCUT2D eigenvalue weighted by Crippen LogP contribution is -2.45. The number of hydrogen-bond donors (Lipinski definition) is 1. The summed E-state index contributed by atoms with van der Waals surface area (Å²) in [6.45, 7) is 6.84. The third-order valence-corrected chi connectivity index (χ3v) is 4.17. The van der Waals surface area contributed by atoms with Crippen LogP contribution in [0.1, 0.15) is 51.6 Å². The van der Waals surface area contributed by atoms with Crippen LogP contribution in [-0.2, 0) is 4.79 Å². The summed E-state index contributed by atoms with van der Waals surface area (Å²) in [5.74, 6) is 1.18. The van der Waals surface area contributed by atoms with Crippen molar-refractivity contribution in [3.8, 4) is 11.8 Å². The van der Waals surface area contributed by atoms with Crippen LogP contribution in [0.4, 0.5) is 0 Å².